The highest BCUT2D eigenvalue weighted by atomic mass is 19.4. The molecule has 0 atom stereocenters. The maximum atomic E-state index is 12.0. The molecule has 2 rings (SSSR count). The lowest BCUT2D eigenvalue weighted by molar-refractivity contribution is -0.154. The fourth-order valence-corrected chi connectivity index (χ4v) is 1.61. The summed E-state index contributed by atoms with van der Waals surface area (Å²) in [6.45, 7) is 6.40. The van der Waals surface area contributed by atoms with E-state index in [4.69, 9.17) is 5.73 Å². The highest BCUT2D eigenvalue weighted by Gasteiger charge is 2.28. The van der Waals surface area contributed by atoms with Crippen LogP contribution in [0.2, 0.25) is 0 Å². The predicted molar refractivity (Wildman–Crippen MR) is 97.7 cm³/mol. The molecule has 0 bridgehead atoms. The number of aryl methyl sites for hydroxylation is 1. The number of halogens is 3. The van der Waals surface area contributed by atoms with Gasteiger partial charge in [0.2, 0.25) is 5.88 Å². The second kappa shape index (κ2) is 9.98. The van der Waals surface area contributed by atoms with E-state index >= 15 is 0 Å². The van der Waals surface area contributed by atoms with E-state index in [9.17, 15) is 18.0 Å². The van der Waals surface area contributed by atoms with Crippen molar-refractivity contribution in [3.63, 3.8) is 0 Å². The summed E-state index contributed by atoms with van der Waals surface area (Å²) in [5.74, 6) is -0.517. The minimum Gasteiger partial charge on any atom is -0.468 e. The number of ether oxygens (including phenoxy) is 1. The maximum absolute atomic E-state index is 12.0. The highest BCUT2D eigenvalue weighted by Crippen LogP contribution is 2.17. The van der Waals surface area contributed by atoms with Crippen molar-refractivity contribution in [2.24, 2.45) is 5.73 Å². The van der Waals surface area contributed by atoms with Crippen molar-refractivity contribution in [3.05, 3.63) is 47.7 Å². The lowest BCUT2D eigenvalue weighted by atomic mass is 10.1. The Bertz CT molecular complexity index is 753. The summed E-state index contributed by atoms with van der Waals surface area (Å²) in [6, 6.07) is 4.37. The third-order valence-electron chi connectivity index (χ3n) is 2.67. The van der Waals surface area contributed by atoms with Crippen molar-refractivity contribution < 1.29 is 22.7 Å². The molecule has 0 aliphatic rings. The monoisotopic (exact) mass is 399 g/mol. The van der Waals surface area contributed by atoms with Gasteiger partial charge < -0.3 is 15.8 Å². The Morgan fingerprint density at radius 1 is 1.18 bits per heavy atom. The Balaban J connectivity index is 0.000000696. The first kappa shape index (κ1) is 23.3. The van der Waals surface area contributed by atoms with Crippen LogP contribution in [0.4, 0.5) is 13.2 Å². The van der Waals surface area contributed by atoms with E-state index in [1.54, 1.807) is 13.0 Å². The number of carbonyl (C=O) groups excluding carboxylic acids is 1. The number of hydrogen-bond acceptors (Lipinski definition) is 6. The van der Waals surface area contributed by atoms with Crippen LogP contribution in [0, 0.1) is 6.92 Å². The zero-order valence-electron chi connectivity index (χ0n) is 16.2. The van der Waals surface area contributed by atoms with Crippen LogP contribution in [0.5, 0.6) is 5.88 Å². The van der Waals surface area contributed by atoms with Crippen LogP contribution in [0.25, 0.3) is 0 Å². The molecule has 2 aromatic heterocycles. The fraction of sp³-hybridized carbons (Fsp3) is 0.444. The lowest BCUT2D eigenvalue weighted by Gasteiger charge is -2.09. The molecule has 0 unspecified atom stereocenters. The topological polar surface area (TPSA) is 103 Å². The number of aromatic nitrogens is 3. The summed E-state index contributed by atoms with van der Waals surface area (Å²) in [6.07, 6.45) is -1.79. The zero-order valence-corrected chi connectivity index (χ0v) is 16.2. The second-order valence-corrected chi connectivity index (χ2v) is 7.00. The SMILES string of the molecule is CC(C)(C)N.Cc1cc(C(=O)NCc2ccc(OCC(F)(F)F)nc2)ncn1. The molecule has 1 amide bonds. The lowest BCUT2D eigenvalue weighted by Crippen LogP contribution is -2.26. The van der Waals surface area contributed by atoms with Gasteiger partial charge in [0.15, 0.2) is 6.61 Å². The van der Waals surface area contributed by atoms with Crippen molar-refractivity contribution in [2.45, 2.75) is 46.0 Å². The quantitative estimate of drug-likeness (QED) is 0.801. The van der Waals surface area contributed by atoms with E-state index in [0.717, 1.165) is 0 Å². The Morgan fingerprint density at radius 3 is 2.32 bits per heavy atom. The minimum atomic E-state index is -4.41. The van der Waals surface area contributed by atoms with Gasteiger partial charge in [-0.25, -0.2) is 15.0 Å². The molecule has 3 N–H and O–H groups in total. The van der Waals surface area contributed by atoms with E-state index < -0.39 is 12.8 Å². The van der Waals surface area contributed by atoms with Gasteiger partial charge in [-0.3, -0.25) is 4.79 Å². The number of nitrogens with two attached hydrogens (primary N) is 1. The van der Waals surface area contributed by atoms with Crippen molar-refractivity contribution in [1.82, 2.24) is 20.3 Å². The molecule has 0 fully saturated rings. The molecule has 28 heavy (non-hydrogen) atoms. The largest absolute Gasteiger partial charge is 0.468 e. The van der Waals surface area contributed by atoms with Crippen LogP contribution in [0.1, 0.15) is 42.5 Å². The number of rotatable bonds is 5. The molecule has 0 spiro atoms. The molecule has 154 valence electrons. The summed E-state index contributed by atoms with van der Waals surface area (Å²) in [7, 11) is 0. The molecular weight excluding hydrogens is 375 g/mol. The average molecular weight is 399 g/mol. The van der Waals surface area contributed by atoms with E-state index in [1.807, 2.05) is 20.8 Å². The summed E-state index contributed by atoms with van der Waals surface area (Å²) in [4.78, 5) is 23.4. The molecular formula is C18H24F3N5O2. The molecule has 2 aromatic rings. The average Bonchev–Trinajstić information content (AvgIpc) is 2.56. The normalized spacial score (nSPS) is 11.3. The first-order chi connectivity index (χ1) is 12.8. The molecule has 0 saturated heterocycles. The van der Waals surface area contributed by atoms with Gasteiger partial charge in [-0.15, -0.1) is 0 Å². The van der Waals surface area contributed by atoms with Crippen LogP contribution in [-0.4, -0.2) is 39.2 Å². The molecule has 2 heterocycles. The Morgan fingerprint density at radius 2 is 1.82 bits per heavy atom. The number of carbonyl (C=O) groups is 1. The highest BCUT2D eigenvalue weighted by molar-refractivity contribution is 5.92. The van der Waals surface area contributed by atoms with E-state index in [1.165, 1.54) is 24.7 Å². The Hall–Kier alpha value is -2.75. The van der Waals surface area contributed by atoms with E-state index in [0.29, 0.717) is 11.3 Å². The molecule has 0 aliphatic heterocycles. The van der Waals surface area contributed by atoms with E-state index in [2.05, 4.69) is 25.0 Å². The summed E-state index contributed by atoms with van der Waals surface area (Å²) in [5.41, 5.74) is 6.87. The smallest absolute Gasteiger partial charge is 0.422 e. The first-order valence-corrected chi connectivity index (χ1v) is 8.34. The van der Waals surface area contributed by atoms with Gasteiger partial charge in [0.25, 0.3) is 5.91 Å². The number of nitrogens with zero attached hydrogens (tertiary/aromatic N) is 3. The van der Waals surface area contributed by atoms with Crippen LogP contribution in [-0.2, 0) is 6.54 Å². The standard InChI is InChI=1S/C14H13F3N4O2.C4H11N/c1-9-4-11(21-8-20-9)13(22)19-6-10-2-3-12(18-5-10)23-7-14(15,16)17;1-4(2,3)5/h2-5,8H,6-7H2,1H3,(H,19,22);5H2,1-3H3. The van der Waals surface area contributed by atoms with Crippen LogP contribution >= 0.6 is 0 Å². The van der Waals surface area contributed by atoms with E-state index in [-0.39, 0.29) is 29.6 Å². The summed E-state index contributed by atoms with van der Waals surface area (Å²) < 4.78 is 40.5. The van der Waals surface area contributed by atoms with Gasteiger partial charge in [0.1, 0.15) is 12.0 Å². The van der Waals surface area contributed by atoms with Gasteiger partial charge in [0, 0.05) is 30.0 Å². The maximum Gasteiger partial charge on any atom is 0.422 e. The summed E-state index contributed by atoms with van der Waals surface area (Å²) in [5, 5.41) is 2.63. The third kappa shape index (κ3) is 11.1. The first-order valence-electron chi connectivity index (χ1n) is 8.34. The van der Waals surface area contributed by atoms with Gasteiger partial charge >= 0.3 is 6.18 Å². The molecule has 0 saturated carbocycles. The molecule has 10 heteroatoms. The minimum absolute atomic E-state index is 0. The van der Waals surface area contributed by atoms with Gasteiger partial charge in [-0.1, -0.05) is 6.07 Å². The second-order valence-electron chi connectivity index (χ2n) is 7.00. The van der Waals surface area contributed by atoms with Crippen LogP contribution < -0.4 is 15.8 Å². The Labute approximate surface area is 161 Å². The summed E-state index contributed by atoms with van der Waals surface area (Å²) >= 11 is 0. The zero-order chi connectivity index (χ0) is 21.4. The number of pyridine rings is 1. The molecule has 0 aromatic carbocycles. The van der Waals surface area contributed by atoms with Crippen LogP contribution in [0.15, 0.2) is 30.7 Å². The van der Waals surface area contributed by atoms with Gasteiger partial charge in [-0.05, 0) is 39.3 Å². The Kier molecular flexibility index (Phi) is 8.30. The van der Waals surface area contributed by atoms with Crippen molar-refractivity contribution in [1.29, 1.82) is 0 Å². The molecule has 0 aliphatic carbocycles. The number of amides is 1. The fourth-order valence-electron chi connectivity index (χ4n) is 1.61. The third-order valence-corrected chi connectivity index (χ3v) is 2.67. The van der Waals surface area contributed by atoms with Crippen molar-refractivity contribution in [3.8, 4) is 5.88 Å². The number of alkyl halides is 3. The molecule has 7 nitrogen and oxygen atoms in total. The number of nitrogens with one attached hydrogen (secondary N) is 1. The van der Waals surface area contributed by atoms with Crippen molar-refractivity contribution >= 4 is 5.91 Å². The number of hydrogen-bond donors (Lipinski definition) is 2. The predicted octanol–water partition coefficient (Wildman–Crippen LogP) is 2.79. The van der Waals surface area contributed by atoms with Crippen molar-refractivity contribution in [2.75, 3.05) is 6.61 Å². The van der Waals surface area contributed by atoms with Gasteiger partial charge in [-0.2, -0.15) is 13.2 Å². The van der Waals surface area contributed by atoms with Gasteiger partial charge in [0.05, 0.1) is 0 Å². The molecule has 0 radical (unpaired) electrons. The van der Waals surface area contributed by atoms with Crippen LogP contribution in [0.3, 0.4) is 0 Å².